The van der Waals surface area contributed by atoms with E-state index in [2.05, 4.69) is 71.1 Å². The van der Waals surface area contributed by atoms with Crippen LogP contribution in [0.25, 0.3) is 44.2 Å². The molecule has 0 N–H and O–H groups in total. The average Bonchev–Trinajstić information content (AvgIpc) is 3.48. The molecule has 0 aliphatic rings. The highest BCUT2D eigenvalue weighted by Crippen LogP contribution is 2.43. The van der Waals surface area contributed by atoms with Gasteiger partial charge in [-0.25, -0.2) is 4.98 Å². The zero-order valence-corrected chi connectivity index (χ0v) is 28.4. The third-order valence-electron chi connectivity index (χ3n) is 7.39. The fourth-order valence-electron chi connectivity index (χ4n) is 5.19. The Morgan fingerprint density at radius 1 is 0.867 bits per heavy atom. The predicted molar refractivity (Wildman–Crippen MR) is 189 cm³/mol. The van der Waals surface area contributed by atoms with E-state index in [1.54, 1.807) is 37.6 Å². The highest BCUT2D eigenvalue weighted by molar-refractivity contribution is 9.13. The molecule has 2 heterocycles. The molecule has 0 aliphatic heterocycles. The maximum atomic E-state index is 13.7. The lowest BCUT2D eigenvalue weighted by Crippen LogP contribution is -2.20. The molecule has 7 rings (SSSR count). The van der Waals surface area contributed by atoms with E-state index in [0.29, 0.717) is 54.9 Å². The first-order valence-corrected chi connectivity index (χ1v) is 16.2. The molecule has 5 aromatic carbocycles. The van der Waals surface area contributed by atoms with Crippen LogP contribution in [0.15, 0.2) is 125 Å². The Labute approximate surface area is 282 Å². The van der Waals surface area contributed by atoms with Gasteiger partial charge in [-0.05, 0) is 90.7 Å². The van der Waals surface area contributed by atoms with Crippen molar-refractivity contribution < 1.29 is 13.9 Å². The van der Waals surface area contributed by atoms with Gasteiger partial charge in [-0.3, -0.25) is 4.79 Å². The van der Waals surface area contributed by atoms with Crippen LogP contribution in [0.2, 0.25) is 0 Å². The Morgan fingerprint density at radius 2 is 1.64 bits per heavy atom. The lowest BCUT2D eigenvalue weighted by Gasteiger charge is -2.16. The highest BCUT2D eigenvalue weighted by atomic mass is 79.9. The van der Waals surface area contributed by atoms with Gasteiger partial charge >= 0.3 is 0 Å². The van der Waals surface area contributed by atoms with Gasteiger partial charge in [0.15, 0.2) is 17.3 Å². The number of methoxy groups -OCH3 is 1. The van der Waals surface area contributed by atoms with Gasteiger partial charge in [-0.2, -0.15) is 9.78 Å². The van der Waals surface area contributed by atoms with Crippen LogP contribution in [0.5, 0.6) is 11.5 Å². The van der Waals surface area contributed by atoms with Crippen LogP contribution in [-0.4, -0.2) is 23.0 Å². The van der Waals surface area contributed by atoms with Crippen molar-refractivity contribution in [3.05, 3.63) is 132 Å². The van der Waals surface area contributed by atoms with Crippen molar-refractivity contribution in [3.8, 4) is 23.1 Å². The maximum absolute atomic E-state index is 13.7. The van der Waals surface area contributed by atoms with Gasteiger partial charge in [-0.15, -0.1) is 0 Å². The molecule has 0 saturated carbocycles. The van der Waals surface area contributed by atoms with E-state index >= 15 is 0 Å². The number of benzene rings is 5. The van der Waals surface area contributed by atoms with Crippen molar-refractivity contribution >= 4 is 86.6 Å². The zero-order valence-electron chi connectivity index (χ0n) is 23.6. The van der Waals surface area contributed by atoms with Crippen LogP contribution < -0.4 is 15.0 Å². The molecule has 0 saturated heterocycles. The number of aromatic nitrogens is 2. The number of fused-ring (bicyclic) bond motifs is 3. The van der Waals surface area contributed by atoms with Crippen LogP contribution in [0.4, 0.5) is 0 Å². The first-order chi connectivity index (χ1) is 21.9. The second kappa shape index (κ2) is 12.3. The van der Waals surface area contributed by atoms with E-state index in [0.717, 1.165) is 26.2 Å². The van der Waals surface area contributed by atoms with E-state index in [9.17, 15) is 4.79 Å². The predicted octanol–water partition coefficient (Wildman–Crippen LogP) is 9.72. The third kappa shape index (κ3) is 5.58. The molecule has 0 spiro atoms. The summed E-state index contributed by atoms with van der Waals surface area (Å²) in [5.41, 5.74) is 2.59. The number of hydrogen-bond acceptors (Lipinski definition) is 6. The number of halogens is 3. The Morgan fingerprint density at radius 3 is 2.49 bits per heavy atom. The first kappa shape index (κ1) is 29.5. The van der Waals surface area contributed by atoms with Crippen molar-refractivity contribution in [1.82, 2.24) is 9.66 Å². The van der Waals surface area contributed by atoms with Crippen LogP contribution in [0, 0.1) is 0 Å². The monoisotopic (exact) mass is 785 g/mol. The normalized spacial score (nSPS) is 11.6. The Balaban J connectivity index is 1.29. The van der Waals surface area contributed by atoms with Crippen LogP contribution in [0.1, 0.15) is 11.1 Å². The number of hydrogen-bond donors (Lipinski definition) is 0. The maximum Gasteiger partial charge on any atom is 0.282 e. The topological polar surface area (TPSA) is 78.9 Å². The number of rotatable bonds is 7. The summed E-state index contributed by atoms with van der Waals surface area (Å²) in [7, 11) is 1.58. The summed E-state index contributed by atoms with van der Waals surface area (Å²) in [6.07, 6.45) is 1.58. The summed E-state index contributed by atoms with van der Waals surface area (Å²) in [5.74, 6) is 1.73. The summed E-state index contributed by atoms with van der Waals surface area (Å²) in [6, 6.07) is 30.9. The molecule has 0 atom stereocenters. The van der Waals surface area contributed by atoms with E-state index in [-0.39, 0.29) is 11.4 Å². The number of ether oxygens (including phenoxy) is 2. The Hall–Kier alpha value is -4.25. The fraction of sp³-hybridized carbons (Fsp3) is 0.0571. The van der Waals surface area contributed by atoms with Gasteiger partial charge in [0.25, 0.3) is 5.56 Å². The van der Waals surface area contributed by atoms with Gasteiger partial charge in [0.2, 0.25) is 5.82 Å². The van der Waals surface area contributed by atoms with Crippen LogP contribution >= 0.6 is 47.8 Å². The summed E-state index contributed by atoms with van der Waals surface area (Å²) in [5, 5.41) is 8.20. The smallest absolute Gasteiger partial charge is 0.282 e. The van der Waals surface area contributed by atoms with Gasteiger partial charge in [0, 0.05) is 19.9 Å². The first-order valence-electron chi connectivity index (χ1n) is 13.8. The molecular formula is C35H22Br3N3O4. The van der Waals surface area contributed by atoms with E-state index < -0.39 is 0 Å². The molecule has 0 radical (unpaired) electrons. The van der Waals surface area contributed by atoms with Crippen LogP contribution in [0.3, 0.4) is 0 Å². The molecule has 0 amide bonds. The van der Waals surface area contributed by atoms with E-state index in [4.69, 9.17) is 18.9 Å². The minimum Gasteiger partial charge on any atom is -0.493 e. The van der Waals surface area contributed by atoms with Crippen molar-refractivity contribution in [2.75, 3.05) is 7.11 Å². The number of furan rings is 1. The van der Waals surface area contributed by atoms with E-state index in [1.165, 1.54) is 4.68 Å². The quantitative estimate of drug-likeness (QED) is 0.150. The molecule has 7 nitrogen and oxygen atoms in total. The van der Waals surface area contributed by atoms with Gasteiger partial charge in [0.1, 0.15) is 12.2 Å². The van der Waals surface area contributed by atoms with Crippen molar-refractivity contribution in [3.63, 3.8) is 0 Å². The molecule has 0 unspecified atom stereocenters. The van der Waals surface area contributed by atoms with Crippen LogP contribution in [-0.2, 0) is 6.61 Å². The Kier molecular flexibility index (Phi) is 8.03. The van der Waals surface area contributed by atoms with Gasteiger partial charge in [-0.1, -0.05) is 70.5 Å². The largest absolute Gasteiger partial charge is 0.493 e. The summed E-state index contributed by atoms with van der Waals surface area (Å²) in [6.45, 7) is 0.339. The standard InChI is InChI=1S/C35H22Br3N3O4/c1-43-29-17-23(31(37)32(38)33(29)44-19-21-9-6-8-20-7-2-3-10-25(20)21)18-39-41-34(40-27-12-5-4-11-26(27)35(41)42)30-16-22-15-24(36)13-14-28(22)45-30/h2-18H,19H2,1H3. The second-order valence-electron chi connectivity index (χ2n) is 10.2. The van der Waals surface area contributed by atoms with E-state index in [1.807, 2.05) is 54.6 Å². The second-order valence-corrected chi connectivity index (χ2v) is 12.7. The summed E-state index contributed by atoms with van der Waals surface area (Å²) in [4.78, 5) is 18.5. The Bertz CT molecular complexity index is 2340. The SMILES string of the molecule is COc1cc(C=Nn2c(-c3cc4cc(Br)ccc4o3)nc3ccccc3c2=O)c(Br)c(Br)c1OCc1cccc2ccccc12. The molecule has 0 fully saturated rings. The molecule has 2 aromatic heterocycles. The molecule has 0 aliphatic carbocycles. The minimum absolute atomic E-state index is 0.277. The van der Waals surface area contributed by atoms with Crippen molar-refractivity contribution in [2.45, 2.75) is 6.61 Å². The lowest BCUT2D eigenvalue weighted by atomic mass is 10.1. The zero-order chi connectivity index (χ0) is 31.1. The molecule has 10 heteroatoms. The van der Waals surface area contributed by atoms with Gasteiger partial charge < -0.3 is 13.9 Å². The summed E-state index contributed by atoms with van der Waals surface area (Å²) >= 11 is 10.9. The molecule has 7 aromatic rings. The van der Waals surface area contributed by atoms with Crippen molar-refractivity contribution in [2.24, 2.45) is 5.10 Å². The molecule has 45 heavy (non-hydrogen) atoms. The summed E-state index contributed by atoms with van der Waals surface area (Å²) < 4.78 is 21.7. The lowest BCUT2D eigenvalue weighted by molar-refractivity contribution is 0.283. The third-order valence-corrected chi connectivity index (χ3v) is 10.0. The number of para-hydroxylation sites is 1. The number of nitrogens with zero attached hydrogens (tertiary/aromatic N) is 3. The average molecular weight is 788 g/mol. The molecular weight excluding hydrogens is 766 g/mol. The van der Waals surface area contributed by atoms with Gasteiger partial charge in [0.05, 0.1) is 28.7 Å². The molecule has 222 valence electrons. The van der Waals surface area contributed by atoms with Crippen molar-refractivity contribution in [1.29, 1.82) is 0 Å². The minimum atomic E-state index is -0.328. The molecule has 0 bridgehead atoms. The fourth-order valence-corrected chi connectivity index (χ4v) is 6.50. The highest BCUT2D eigenvalue weighted by Gasteiger charge is 2.19.